The van der Waals surface area contributed by atoms with Gasteiger partial charge in [-0.25, -0.2) is 14.5 Å². The molecule has 4 aromatic carbocycles. The fraction of sp³-hybridized carbons (Fsp3) is 0.392. The van der Waals surface area contributed by atoms with E-state index in [9.17, 15) is 24.6 Å². The molecule has 3 fully saturated rings. The number of benzene rings is 4. The molecule has 7 atom stereocenters. The number of para-hydroxylation sites is 1. The molecule has 14 heteroatoms. The van der Waals surface area contributed by atoms with Crippen molar-refractivity contribution in [1.82, 2.24) is 10.2 Å². The second kappa shape index (κ2) is 18.5. The molecule has 2 saturated heterocycles. The zero-order chi connectivity index (χ0) is 46.0. The number of nitrogens with two attached hydrogens (primary N) is 1. The van der Waals surface area contributed by atoms with Gasteiger partial charge in [-0.05, 0) is 72.6 Å². The highest BCUT2D eigenvalue weighted by Crippen LogP contribution is 2.66. The number of imide groups is 1. The molecule has 0 bridgehead atoms. The lowest BCUT2D eigenvalue weighted by atomic mass is 9.65. The molecule has 3 heterocycles. The lowest BCUT2D eigenvalue weighted by Gasteiger charge is -2.46. The zero-order valence-electron chi connectivity index (χ0n) is 36.6. The van der Waals surface area contributed by atoms with E-state index < -0.39 is 82.9 Å². The van der Waals surface area contributed by atoms with Gasteiger partial charge < -0.3 is 35.5 Å². The van der Waals surface area contributed by atoms with E-state index in [4.69, 9.17) is 19.9 Å². The number of primary amides is 1. The molecule has 1 saturated carbocycles. The first-order valence-electron chi connectivity index (χ1n) is 22.2. The Morgan fingerprint density at radius 3 is 2.17 bits per heavy atom. The number of hydrogen-bond donors (Lipinski definition) is 4. The molecule has 65 heavy (non-hydrogen) atoms. The third-order valence-electron chi connectivity index (χ3n) is 13.3. The van der Waals surface area contributed by atoms with Gasteiger partial charge in [-0.1, -0.05) is 117 Å². The number of nitrogens with zero attached hydrogens (tertiary/aromatic N) is 2. The van der Waals surface area contributed by atoms with Gasteiger partial charge >= 0.3 is 18.0 Å². The number of urea groups is 1. The van der Waals surface area contributed by atoms with Crippen LogP contribution in [0, 0.1) is 23.7 Å². The fourth-order valence-corrected chi connectivity index (χ4v) is 10.4. The summed E-state index contributed by atoms with van der Waals surface area (Å²) in [6, 6.07) is 24.3. The molecule has 0 aromatic heterocycles. The lowest BCUT2D eigenvalue weighted by Crippen LogP contribution is -2.57. The number of hydrogen-bond acceptors (Lipinski definition) is 11. The van der Waals surface area contributed by atoms with E-state index in [1.54, 1.807) is 56.3 Å². The molecule has 4 aliphatic rings. The van der Waals surface area contributed by atoms with Crippen molar-refractivity contribution in [2.45, 2.75) is 93.7 Å². The van der Waals surface area contributed by atoms with Gasteiger partial charge in [-0.3, -0.25) is 19.3 Å². The first-order valence-corrected chi connectivity index (χ1v) is 22.2. The number of aliphatic hydroxyl groups is 2. The van der Waals surface area contributed by atoms with Crippen LogP contribution < -0.4 is 20.7 Å². The van der Waals surface area contributed by atoms with Crippen molar-refractivity contribution in [1.29, 1.82) is 0 Å². The Balaban J connectivity index is 1.45. The predicted octanol–water partition coefficient (Wildman–Crippen LogP) is 5.55. The first kappa shape index (κ1) is 45.1. The number of fused-ring (bicyclic) bond motifs is 3. The predicted molar refractivity (Wildman–Crippen MR) is 239 cm³/mol. The first-order chi connectivity index (χ1) is 31.4. The summed E-state index contributed by atoms with van der Waals surface area (Å²) in [6.07, 6.45) is 3.56. The molecule has 1 spiro atoms. The van der Waals surface area contributed by atoms with Crippen molar-refractivity contribution < 1.29 is 48.4 Å². The third kappa shape index (κ3) is 8.02. The minimum Gasteiger partial charge on any atom is -0.491 e. The molecule has 14 nitrogen and oxygen atoms in total. The highest BCUT2D eigenvalue weighted by molar-refractivity contribution is 6.25. The Bertz CT molecular complexity index is 2510. The van der Waals surface area contributed by atoms with Crippen LogP contribution in [0.1, 0.15) is 98.4 Å². The summed E-state index contributed by atoms with van der Waals surface area (Å²) < 4.78 is 17.7. The van der Waals surface area contributed by atoms with Crippen molar-refractivity contribution in [3.63, 3.8) is 0 Å². The van der Waals surface area contributed by atoms with E-state index in [1.807, 2.05) is 65.6 Å². The molecule has 338 valence electrons. The van der Waals surface area contributed by atoms with E-state index >= 15 is 9.59 Å². The average molecular weight is 883 g/mol. The molecule has 5 N–H and O–H groups in total. The van der Waals surface area contributed by atoms with Gasteiger partial charge in [0.05, 0.1) is 37.4 Å². The minimum absolute atomic E-state index is 0.0627. The second-order valence-electron chi connectivity index (χ2n) is 17.5. The maximum Gasteiger partial charge on any atom is 0.329 e. The number of carbonyl (C=O) groups excluding carboxylic acids is 5. The summed E-state index contributed by atoms with van der Waals surface area (Å²) in [6.45, 7) is 2.94. The van der Waals surface area contributed by atoms with Crippen LogP contribution in [0.2, 0.25) is 0 Å². The van der Waals surface area contributed by atoms with Gasteiger partial charge in [0.15, 0.2) is 0 Å². The Labute approximate surface area is 378 Å². The summed E-state index contributed by atoms with van der Waals surface area (Å²) in [4.78, 5) is 76.7. The quantitative estimate of drug-likeness (QED) is 0.0885. The van der Waals surface area contributed by atoms with Gasteiger partial charge in [0.25, 0.3) is 0 Å². The van der Waals surface area contributed by atoms with E-state index in [0.29, 0.717) is 35.1 Å². The SMILES string of the molecule is COC(=O)[C@@H](NC(=O)N1C(=O)[C@@]2(c3cc(C#CC4(O)CCCCCC4)ccc31)[C@H](C(N)=O)[C@H]1C(=O)O[C@H](c3ccccc3)[C@H](c3ccccc3)N1[C@@H]2c1ccccc1OCCO)C(C)C. The van der Waals surface area contributed by atoms with Gasteiger partial charge in [0.2, 0.25) is 11.8 Å². The van der Waals surface area contributed by atoms with Gasteiger partial charge in [-0.15, -0.1) is 0 Å². The van der Waals surface area contributed by atoms with Crippen molar-refractivity contribution in [3.05, 3.63) is 131 Å². The average Bonchev–Trinajstić information content (AvgIpc) is 3.65. The maximum atomic E-state index is 16.3. The van der Waals surface area contributed by atoms with E-state index in [0.717, 1.165) is 30.6 Å². The van der Waals surface area contributed by atoms with Crippen LogP contribution in [0.4, 0.5) is 10.5 Å². The van der Waals surface area contributed by atoms with Crippen molar-refractivity contribution in [3.8, 4) is 17.6 Å². The Morgan fingerprint density at radius 2 is 1.54 bits per heavy atom. The van der Waals surface area contributed by atoms with Crippen LogP contribution in [-0.4, -0.2) is 82.9 Å². The maximum absolute atomic E-state index is 16.3. The standard InChI is InChI=1S/C51H54N4O10/c1-31(2)40(46(58)63-3)53-49(61)54-37-23-22-32(24-27-50(62)25-14-4-5-15-26-50)30-36(37)51(48(54)60)39(45(52)57)42-47(59)65-43(34-18-10-7-11-19-34)41(33-16-8-6-9-17-33)55(42)44(51)35-20-12-13-21-38(35)64-29-28-56/h6-13,16-23,30-31,39-44,56,62H,4-5,14-15,25-26,28-29H2,1-3H3,(H2,52,57)(H,53,61)/t39-,40-,41-,42-,43+,44+,51-/m0/s1. The molecule has 4 aromatic rings. The largest absolute Gasteiger partial charge is 0.491 e. The van der Waals surface area contributed by atoms with Gasteiger partial charge in [-0.2, -0.15) is 0 Å². The number of morpholine rings is 1. The number of carbonyl (C=O) groups is 5. The molecule has 4 amide bonds. The summed E-state index contributed by atoms with van der Waals surface area (Å²) >= 11 is 0. The molecule has 0 unspecified atom stereocenters. The van der Waals surface area contributed by atoms with E-state index in [1.165, 1.54) is 7.11 Å². The smallest absolute Gasteiger partial charge is 0.329 e. The highest BCUT2D eigenvalue weighted by atomic mass is 16.6. The van der Waals surface area contributed by atoms with Crippen LogP contribution in [0.5, 0.6) is 5.75 Å². The van der Waals surface area contributed by atoms with Crippen molar-refractivity contribution in [2.75, 3.05) is 25.2 Å². The summed E-state index contributed by atoms with van der Waals surface area (Å²) in [5.74, 6) is 0.869. The number of rotatable bonds is 10. The number of esters is 2. The highest BCUT2D eigenvalue weighted by Gasteiger charge is 2.75. The van der Waals surface area contributed by atoms with Crippen LogP contribution in [0.25, 0.3) is 0 Å². The van der Waals surface area contributed by atoms with Gasteiger partial charge in [0, 0.05) is 11.1 Å². The number of amides is 4. The second-order valence-corrected chi connectivity index (χ2v) is 17.5. The summed E-state index contributed by atoms with van der Waals surface area (Å²) in [7, 11) is 1.20. The Kier molecular flexibility index (Phi) is 12.8. The number of methoxy groups -OCH3 is 1. The van der Waals surface area contributed by atoms with E-state index in [-0.39, 0.29) is 30.2 Å². The Morgan fingerprint density at radius 1 is 0.892 bits per heavy atom. The molecule has 3 aliphatic heterocycles. The van der Waals surface area contributed by atoms with Crippen LogP contribution in [0.15, 0.2) is 103 Å². The fourth-order valence-electron chi connectivity index (χ4n) is 10.4. The normalized spacial score (nSPS) is 25.1. The molecule has 8 rings (SSSR count). The molecule has 1 aliphatic carbocycles. The minimum atomic E-state index is -2.19. The summed E-state index contributed by atoms with van der Waals surface area (Å²) in [5.41, 5.74) is 5.36. The van der Waals surface area contributed by atoms with Crippen molar-refractivity contribution >= 4 is 35.5 Å². The zero-order valence-corrected chi connectivity index (χ0v) is 36.6. The van der Waals surface area contributed by atoms with Gasteiger partial charge in [0.1, 0.15) is 41.6 Å². The monoisotopic (exact) mass is 882 g/mol. The number of nitrogens with one attached hydrogen (secondary N) is 1. The lowest BCUT2D eigenvalue weighted by molar-refractivity contribution is -0.178. The van der Waals surface area contributed by atoms with Crippen LogP contribution in [0.3, 0.4) is 0 Å². The topological polar surface area (TPSA) is 198 Å². The number of ether oxygens (including phenoxy) is 3. The van der Waals surface area contributed by atoms with Crippen molar-refractivity contribution in [2.24, 2.45) is 17.6 Å². The third-order valence-corrected chi connectivity index (χ3v) is 13.3. The molecule has 0 radical (unpaired) electrons. The number of cyclic esters (lactones) is 1. The van der Waals surface area contributed by atoms with Crippen LogP contribution in [-0.2, 0) is 34.1 Å². The van der Waals surface area contributed by atoms with Crippen LogP contribution >= 0.6 is 0 Å². The van der Waals surface area contributed by atoms with E-state index in [2.05, 4.69) is 17.2 Å². The Hall–Kier alpha value is -6.53. The number of aliphatic hydroxyl groups excluding tert-OH is 1. The molecular weight excluding hydrogens is 829 g/mol. The summed E-state index contributed by atoms with van der Waals surface area (Å²) in [5, 5.41) is 24.3. The molecular formula is C51H54N4O10. The number of anilines is 1.